The molecular weight excluding hydrogens is 368 g/mol. The summed E-state index contributed by atoms with van der Waals surface area (Å²) in [5, 5.41) is 18.6. The standard InChI is InChI=1S/C20H30O8/c1-14-8-9-15(21)6-4-2-3-5-7-17(16(22)10-12-19(25)27-14)28-20(26)13-11-18(23)24/h10,12,14-15,17,21H,2-9,11,13H2,1H3,(H,23,24)/t14-,15?,17+/m1/s1. The molecule has 0 aromatic rings. The maximum atomic E-state index is 12.3. The number of ether oxygens (including phenoxy) is 2. The van der Waals surface area contributed by atoms with Crippen LogP contribution in [-0.2, 0) is 28.7 Å². The number of esters is 2. The summed E-state index contributed by atoms with van der Waals surface area (Å²) in [5.41, 5.74) is 0. The number of carboxylic acids is 1. The molecule has 0 aliphatic carbocycles. The molecule has 28 heavy (non-hydrogen) atoms. The van der Waals surface area contributed by atoms with Crippen LogP contribution in [0.1, 0.15) is 71.1 Å². The molecule has 1 unspecified atom stereocenters. The number of carbonyl (C=O) groups excluding carboxylic acids is 3. The number of aliphatic hydroxyl groups excluding tert-OH is 1. The van der Waals surface area contributed by atoms with E-state index in [-0.39, 0.29) is 25.4 Å². The molecule has 1 aliphatic rings. The number of carbonyl (C=O) groups is 4. The van der Waals surface area contributed by atoms with Gasteiger partial charge in [0.15, 0.2) is 11.9 Å². The first-order valence-electron chi connectivity index (χ1n) is 9.79. The lowest BCUT2D eigenvalue weighted by atomic mass is 10.0. The van der Waals surface area contributed by atoms with Gasteiger partial charge in [-0.1, -0.05) is 19.3 Å². The fourth-order valence-corrected chi connectivity index (χ4v) is 2.87. The number of rotatable bonds is 4. The van der Waals surface area contributed by atoms with Crippen LogP contribution in [0.3, 0.4) is 0 Å². The highest BCUT2D eigenvalue weighted by Gasteiger charge is 2.22. The predicted octanol–water partition coefficient (Wildman–Crippen LogP) is 2.32. The molecule has 1 rings (SSSR count). The van der Waals surface area contributed by atoms with Gasteiger partial charge in [0.25, 0.3) is 0 Å². The molecule has 0 aromatic heterocycles. The first-order chi connectivity index (χ1) is 13.3. The average Bonchev–Trinajstić information content (AvgIpc) is 2.63. The lowest BCUT2D eigenvalue weighted by Crippen LogP contribution is -2.27. The smallest absolute Gasteiger partial charge is 0.331 e. The molecule has 0 fully saturated rings. The lowest BCUT2D eigenvalue weighted by molar-refractivity contribution is -0.155. The van der Waals surface area contributed by atoms with Crippen LogP contribution in [0.4, 0.5) is 0 Å². The first kappa shape index (κ1) is 23.8. The fourth-order valence-electron chi connectivity index (χ4n) is 2.87. The number of hydrogen-bond acceptors (Lipinski definition) is 7. The van der Waals surface area contributed by atoms with Crippen LogP contribution >= 0.6 is 0 Å². The van der Waals surface area contributed by atoms with Gasteiger partial charge in [0.05, 0.1) is 25.0 Å². The van der Waals surface area contributed by atoms with Crippen LogP contribution < -0.4 is 0 Å². The molecule has 0 bridgehead atoms. The second kappa shape index (κ2) is 13.0. The van der Waals surface area contributed by atoms with Gasteiger partial charge in [0, 0.05) is 6.08 Å². The second-order valence-corrected chi connectivity index (χ2v) is 7.08. The number of aliphatic carboxylic acids is 1. The summed E-state index contributed by atoms with van der Waals surface area (Å²) in [6, 6.07) is 0. The SMILES string of the molecule is C[C@@H]1CCC(O)CCCCCC[C@H](OC(=O)CCC(=O)O)C(=O)C=CC(=O)O1. The number of ketones is 1. The van der Waals surface area contributed by atoms with E-state index in [0.29, 0.717) is 25.7 Å². The van der Waals surface area contributed by atoms with Gasteiger partial charge < -0.3 is 19.7 Å². The van der Waals surface area contributed by atoms with Gasteiger partial charge in [-0.05, 0) is 45.1 Å². The van der Waals surface area contributed by atoms with Crippen LogP contribution in [0, 0.1) is 0 Å². The highest BCUT2D eigenvalue weighted by molar-refractivity contribution is 5.99. The van der Waals surface area contributed by atoms with Crippen molar-refractivity contribution < 1.29 is 38.9 Å². The molecule has 0 aromatic carbocycles. The molecule has 8 nitrogen and oxygen atoms in total. The highest BCUT2D eigenvalue weighted by Crippen LogP contribution is 2.16. The van der Waals surface area contributed by atoms with Crippen molar-refractivity contribution >= 4 is 23.7 Å². The van der Waals surface area contributed by atoms with Crippen molar-refractivity contribution in [2.75, 3.05) is 0 Å². The summed E-state index contributed by atoms with van der Waals surface area (Å²) in [4.78, 5) is 46.5. The largest absolute Gasteiger partial charge is 0.481 e. The Morgan fingerprint density at radius 2 is 1.71 bits per heavy atom. The van der Waals surface area contributed by atoms with Gasteiger partial charge in [0.2, 0.25) is 0 Å². The second-order valence-electron chi connectivity index (χ2n) is 7.08. The van der Waals surface area contributed by atoms with Crippen LogP contribution in [0.2, 0.25) is 0 Å². The summed E-state index contributed by atoms with van der Waals surface area (Å²) in [6.07, 6.45) is 4.64. The third kappa shape index (κ3) is 10.8. The Labute approximate surface area is 164 Å². The van der Waals surface area contributed by atoms with E-state index in [1.54, 1.807) is 6.92 Å². The summed E-state index contributed by atoms with van der Waals surface area (Å²) in [5.74, 6) is -3.10. The van der Waals surface area contributed by atoms with Crippen LogP contribution in [-0.4, -0.2) is 52.2 Å². The van der Waals surface area contributed by atoms with E-state index < -0.39 is 35.9 Å². The zero-order chi connectivity index (χ0) is 20.9. The topological polar surface area (TPSA) is 127 Å². The third-order valence-corrected chi connectivity index (χ3v) is 4.50. The Morgan fingerprint density at radius 1 is 1.04 bits per heavy atom. The van der Waals surface area contributed by atoms with Crippen molar-refractivity contribution in [3.05, 3.63) is 12.2 Å². The normalized spacial score (nSPS) is 25.7. The van der Waals surface area contributed by atoms with Crippen molar-refractivity contribution in [3.63, 3.8) is 0 Å². The Bertz CT molecular complexity index is 569. The molecule has 3 atom stereocenters. The Hall–Kier alpha value is -2.22. The zero-order valence-corrected chi connectivity index (χ0v) is 16.3. The minimum Gasteiger partial charge on any atom is -0.481 e. The van der Waals surface area contributed by atoms with Gasteiger partial charge in [-0.15, -0.1) is 0 Å². The molecular formula is C20H30O8. The molecule has 0 saturated heterocycles. The quantitative estimate of drug-likeness (QED) is 0.691. The van der Waals surface area contributed by atoms with E-state index in [4.69, 9.17) is 14.6 Å². The van der Waals surface area contributed by atoms with Gasteiger partial charge in [-0.25, -0.2) is 4.79 Å². The summed E-state index contributed by atoms with van der Waals surface area (Å²) >= 11 is 0. The summed E-state index contributed by atoms with van der Waals surface area (Å²) in [7, 11) is 0. The fraction of sp³-hybridized carbons (Fsp3) is 0.700. The molecule has 158 valence electrons. The zero-order valence-electron chi connectivity index (χ0n) is 16.3. The van der Waals surface area contributed by atoms with E-state index in [1.165, 1.54) is 0 Å². The summed E-state index contributed by atoms with van der Waals surface area (Å²) < 4.78 is 10.3. The van der Waals surface area contributed by atoms with Crippen molar-refractivity contribution in [3.8, 4) is 0 Å². The van der Waals surface area contributed by atoms with Gasteiger partial charge in [-0.2, -0.15) is 0 Å². The van der Waals surface area contributed by atoms with Crippen LogP contribution in [0.5, 0.6) is 0 Å². The molecule has 1 heterocycles. The summed E-state index contributed by atoms with van der Waals surface area (Å²) in [6.45, 7) is 1.72. The minimum atomic E-state index is -1.12. The maximum Gasteiger partial charge on any atom is 0.331 e. The van der Waals surface area contributed by atoms with Crippen molar-refractivity contribution in [1.82, 2.24) is 0 Å². The minimum absolute atomic E-state index is 0.288. The Morgan fingerprint density at radius 3 is 2.39 bits per heavy atom. The Kier molecular flexibility index (Phi) is 11.1. The van der Waals surface area contributed by atoms with Gasteiger partial charge in [0.1, 0.15) is 0 Å². The molecule has 0 spiro atoms. The molecule has 8 heteroatoms. The number of cyclic esters (lactones) is 1. The monoisotopic (exact) mass is 398 g/mol. The molecule has 0 radical (unpaired) electrons. The Balaban J connectivity index is 2.74. The van der Waals surface area contributed by atoms with Crippen molar-refractivity contribution in [1.29, 1.82) is 0 Å². The third-order valence-electron chi connectivity index (χ3n) is 4.50. The highest BCUT2D eigenvalue weighted by atomic mass is 16.5. The average molecular weight is 398 g/mol. The van der Waals surface area contributed by atoms with E-state index in [1.807, 2.05) is 0 Å². The maximum absolute atomic E-state index is 12.3. The number of aliphatic hydroxyl groups is 1. The lowest BCUT2D eigenvalue weighted by Gasteiger charge is -2.17. The van der Waals surface area contributed by atoms with Crippen LogP contribution in [0.15, 0.2) is 12.2 Å². The number of carboxylic acid groups (broad SMARTS) is 1. The van der Waals surface area contributed by atoms with Gasteiger partial charge in [-0.3, -0.25) is 14.4 Å². The van der Waals surface area contributed by atoms with E-state index in [9.17, 15) is 24.3 Å². The molecule has 0 amide bonds. The van der Waals surface area contributed by atoms with E-state index >= 15 is 0 Å². The van der Waals surface area contributed by atoms with Gasteiger partial charge >= 0.3 is 17.9 Å². The van der Waals surface area contributed by atoms with Crippen molar-refractivity contribution in [2.24, 2.45) is 0 Å². The van der Waals surface area contributed by atoms with Crippen molar-refractivity contribution in [2.45, 2.75) is 89.4 Å². The van der Waals surface area contributed by atoms with Crippen LogP contribution in [0.25, 0.3) is 0 Å². The number of hydrogen-bond donors (Lipinski definition) is 2. The molecule has 0 saturated carbocycles. The van der Waals surface area contributed by atoms with E-state index in [0.717, 1.165) is 31.4 Å². The molecule has 1 aliphatic heterocycles. The molecule has 2 N–H and O–H groups in total. The first-order valence-corrected chi connectivity index (χ1v) is 9.79. The predicted molar refractivity (Wildman–Crippen MR) is 99.4 cm³/mol. The van der Waals surface area contributed by atoms with E-state index in [2.05, 4.69) is 0 Å².